The molecule has 0 aliphatic rings. The number of carbonyl (C=O) groups excluding carboxylic acids is 1. The number of aryl methyl sites for hydroxylation is 1. The van der Waals surface area contributed by atoms with Gasteiger partial charge >= 0.3 is 6.03 Å². The number of urea groups is 1. The van der Waals surface area contributed by atoms with E-state index in [2.05, 4.69) is 15.6 Å². The Bertz CT molecular complexity index is 1430. The maximum Gasteiger partial charge on any atom is 0.324 e. The van der Waals surface area contributed by atoms with E-state index in [0.29, 0.717) is 36.3 Å². The van der Waals surface area contributed by atoms with Crippen molar-refractivity contribution in [2.75, 3.05) is 31.0 Å². The summed E-state index contributed by atoms with van der Waals surface area (Å²) in [6.45, 7) is 8.85. The Morgan fingerprint density at radius 3 is 2.33 bits per heavy atom. The molecule has 0 saturated heterocycles. The largest absolute Gasteiger partial charge is 0.491 e. The van der Waals surface area contributed by atoms with Gasteiger partial charge in [-0.3, -0.25) is 10.3 Å². The van der Waals surface area contributed by atoms with E-state index >= 15 is 0 Å². The van der Waals surface area contributed by atoms with Gasteiger partial charge in [0, 0.05) is 42.6 Å². The maximum absolute atomic E-state index is 14.8. The summed E-state index contributed by atoms with van der Waals surface area (Å²) in [5.74, 6) is 1.32. The fourth-order valence-electron chi connectivity index (χ4n) is 3.61. The Morgan fingerprint density at radius 2 is 1.67 bits per heavy atom. The number of carbonyl (C=O) groups is 1. The molecule has 4 rings (SSSR count). The molecule has 0 atom stereocenters. The zero-order chi connectivity index (χ0) is 28.0. The number of amides is 2. The number of hydrogen-bond acceptors (Lipinski definition) is 6. The summed E-state index contributed by atoms with van der Waals surface area (Å²) in [5, 5.41) is 10.1. The van der Waals surface area contributed by atoms with Crippen LogP contribution in [0.2, 0.25) is 0 Å². The van der Waals surface area contributed by atoms with E-state index in [9.17, 15) is 9.18 Å². The molecule has 0 bridgehead atoms. The zero-order valence-corrected chi connectivity index (χ0v) is 22.6. The molecular formula is C29H32FN5O4. The van der Waals surface area contributed by atoms with Gasteiger partial charge < -0.3 is 19.5 Å². The summed E-state index contributed by atoms with van der Waals surface area (Å²) in [4.78, 5) is 17.0. The second-order valence-electron chi connectivity index (χ2n) is 9.87. The zero-order valence-electron chi connectivity index (χ0n) is 22.6. The Balaban J connectivity index is 1.49. The van der Waals surface area contributed by atoms with E-state index in [-0.39, 0.29) is 11.1 Å². The summed E-state index contributed by atoms with van der Waals surface area (Å²) in [6.07, 6.45) is 1.61. The molecule has 0 unspecified atom stereocenters. The van der Waals surface area contributed by atoms with Crippen molar-refractivity contribution in [3.8, 4) is 22.9 Å². The van der Waals surface area contributed by atoms with Gasteiger partial charge in [0.05, 0.1) is 23.7 Å². The van der Waals surface area contributed by atoms with Crippen LogP contribution in [-0.4, -0.2) is 41.1 Å². The highest BCUT2D eigenvalue weighted by Gasteiger charge is 2.22. The SMILES string of the molecule is COCCOc1ccc(-n2nc(C(C)(C)C)cc2NC(=O)Nc2ccc(Oc3ccnc(C)c3)cc2F)cc1. The number of ether oxygens (including phenoxy) is 3. The molecule has 204 valence electrons. The highest BCUT2D eigenvalue weighted by molar-refractivity contribution is 5.99. The van der Waals surface area contributed by atoms with Crippen LogP contribution in [0.3, 0.4) is 0 Å². The topological polar surface area (TPSA) is 99.5 Å². The lowest BCUT2D eigenvalue weighted by atomic mass is 9.92. The molecule has 39 heavy (non-hydrogen) atoms. The molecule has 2 N–H and O–H groups in total. The van der Waals surface area contributed by atoms with E-state index in [4.69, 9.17) is 19.3 Å². The predicted molar refractivity (Wildman–Crippen MR) is 148 cm³/mol. The molecule has 0 fully saturated rings. The molecule has 2 aromatic carbocycles. The third-order valence-corrected chi connectivity index (χ3v) is 5.65. The monoisotopic (exact) mass is 533 g/mol. The van der Waals surface area contributed by atoms with Gasteiger partial charge in [-0.15, -0.1) is 0 Å². The van der Waals surface area contributed by atoms with E-state index in [1.54, 1.807) is 42.3 Å². The van der Waals surface area contributed by atoms with Crippen molar-refractivity contribution >= 4 is 17.5 Å². The standard InChI is InChI=1S/C29H32FN5O4/c1-19-16-23(12-13-31-19)39-22-10-11-25(24(30)17-22)32-28(36)33-27-18-26(29(2,3)4)34-35(27)20-6-8-21(9-7-20)38-15-14-37-5/h6-13,16-18H,14-15H2,1-5H3,(H2,32,33,36). The Morgan fingerprint density at radius 1 is 0.949 bits per heavy atom. The van der Waals surface area contributed by atoms with E-state index < -0.39 is 11.8 Å². The predicted octanol–water partition coefficient (Wildman–Crippen LogP) is 6.47. The molecule has 0 radical (unpaired) electrons. The number of aromatic nitrogens is 3. The summed E-state index contributed by atoms with van der Waals surface area (Å²) in [5.41, 5.74) is 2.01. The number of pyridine rings is 1. The number of methoxy groups -OCH3 is 1. The van der Waals surface area contributed by atoms with Crippen LogP contribution in [0.4, 0.5) is 20.7 Å². The van der Waals surface area contributed by atoms with Crippen molar-refractivity contribution in [3.05, 3.63) is 84.1 Å². The summed E-state index contributed by atoms with van der Waals surface area (Å²) in [6, 6.07) is 16.2. The first-order chi connectivity index (χ1) is 18.6. The Hall–Kier alpha value is -4.44. The summed E-state index contributed by atoms with van der Waals surface area (Å²) in [7, 11) is 1.62. The summed E-state index contributed by atoms with van der Waals surface area (Å²) < 4.78 is 32.8. The molecule has 0 saturated carbocycles. The number of nitrogens with one attached hydrogen (secondary N) is 2. The van der Waals surface area contributed by atoms with Crippen molar-refractivity contribution < 1.29 is 23.4 Å². The van der Waals surface area contributed by atoms with Crippen molar-refractivity contribution in [2.24, 2.45) is 0 Å². The van der Waals surface area contributed by atoms with Gasteiger partial charge in [-0.2, -0.15) is 5.10 Å². The number of anilines is 2. The average Bonchev–Trinajstić information content (AvgIpc) is 3.30. The molecule has 4 aromatic rings. The molecule has 9 nitrogen and oxygen atoms in total. The molecule has 2 aromatic heterocycles. The maximum atomic E-state index is 14.8. The second-order valence-corrected chi connectivity index (χ2v) is 9.87. The molecule has 2 amide bonds. The fraction of sp³-hybridized carbons (Fsp3) is 0.276. The van der Waals surface area contributed by atoms with Crippen LogP contribution in [0.1, 0.15) is 32.2 Å². The fourth-order valence-corrected chi connectivity index (χ4v) is 3.61. The van der Waals surface area contributed by atoms with E-state index in [1.807, 2.05) is 52.0 Å². The summed E-state index contributed by atoms with van der Waals surface area (Å²) >= 11 is 0. The third-order valence-electron chi connectivity index (χ3n) is 5.65. The van der Waals surface area contributed by atoms with Gasteiger partial charge in [0.1, 0.15) is 35.5 Å². The number of hydrogen-bond donors (Lipinski definition) is 2. The molecular weight excluding hydrogens is 501 g/mol. The minimum absolute atomic E-state index is 0.00503. The highest BCUT2D eigenvalue weighted by Crippen LogP contribution is 2.28. The van der Waals surface area contributed by atoms with Gasteiger partial charge in [0.25, 0.3) is 0 Å². The van der Waals surface area contributed by atoms with Crippen molar-refractivity contribution in [1.29, 1.82) is 0 Å². The molecule has 0 aliphatic carbocycles. The minimum Gasteiger partial charge on any atom is -0.491 e. The van der Waals surface area contributed by atoms with E-state index in [1.165, 1.54) is 12.1 Å². The minimum atomic E-state index is -0.638. The lowest BCUT2D eigenvalue weighted by molar-refractivity contribution is 0.146. The number of nitrogens with zero attached hydrogens (tertiary/aromatic N) is 3. The quantitative estimate of drug-likeness (QED) is 0.239. The molecule has 0 aliphatic heterocycles. The van der Waals surface area contributed by atoms with Crippen LogP contribution >= 0.6 is 0 Å². The van der Waals surface area contributed by atoms with Gasteiger partial charge in [-0.1, -0.05) is 20.8 Å². The first kappa shape index (κ1) is 27.6. The Kier molecular flexibility index (Phi) is 8.46. The van der Waals surface area contributed by atoms with Crippen LogP contribution in [0.25, 0.3) is 5.69 Å². The van der Waals surface area contributed by atoms with Crippen LogP contribution in [0, 0.1) is 12.7 Å². The van der Waals surface area contributed by atoms with Crippen molar-refractivity contribution in [1.82, 2.24) is 14.8 Å². The van der Waals surface area contributed by atoms with Gasteiger partial charge in [-0.05, 0) is 49.4 Å². The lowest BCUT2D eigenvalue weighted by Gasteiger charge is -2.14. The lowest BCUT2D eigenvalue weighted by Crippen LogP contribution is -2.22. The number of benzene rings is 2. The van der Waals surface area contributed by atoms with Crippen LogP contribution in [0.15, 0.2) is 66.9 Å². The highest BCUT2D eigenvalue weighted by atomic mass is 19.1. The first-order valence-electron chi connectivity index (χ1n) is 12.4. The molecule has 2 heterocycles. The van der Waals surface area contributed by atoms with Crippen LogP contribution < -0.4 is 20.1 Å². The van der Waals surface area contributed by atoms with Gasteiger partial charge in [-0.25, -0.2) is 13.9 Å². The van der Waals surface area contributed by atoms with Crippen molar-refractivity contribution in [2.45, 2.75) is 33.1 Å². The average molecular weight is 534 g/mol. The van der Waals surface area contributed by atoms with Crippen LogP contribution in [-0.2, 0) is 10.2 Å². The van der Waals surface area contributed by atoms with Crippen molar-refractivity contribution in [3.63, 3.8) is 0 Å². The normalized spacial score (nSPS) is 11.2. The van der Waals surface area contributed by atoms with E-state index in [0.717, 1.165) is 17.1 Å². The van der Waals surface area contributed by atoms with Gasteiger partial charge in [0.2, 0.25) is 0 Å². The third kappa shape index (κ3) is 7.32. The number of rotatable bonds is 9. The Labute approximate surface area is 226 Å². The van der Waals surface area contributed by atoms with Gasteiger partial charge in [0.15, 0.2) is 0 Å². The molecule has 10 heteroatoms. The molecule has 0 spiro atoms. The van der Waals surface area contributed by atoms with Crippen LogP contribution in [0.5, 0.6) is 17.2 Å². The first-order valence-corrected chi connectivity index (χ1v) is 12.4. The second kappa shape index (κ2) is 12.0. The smallest absolute Gasteiger partial charge is 0.324 e. The number of halogens is 1.